The zero-order valence-corrected chi connectivity index (χ0v) is 9.91. The lowest BCUT2D eigenvalue weighted by Crippen LogP contribution is -1.92. The van der Waals surface area contributed by atoms with E-state index in [1.807, 2.05) is 25.1 Å². The van der Waals surface area contributed by atoms with Crippen LogP contribution in [0.2, 0.25) is 0 Å². The van der Waals surface area contributed by atoms with Crippen LogP contribution < -0.4 is 0 Å². The molecular formula is C14H16O2. The van der Waals surface area contributed by atoms with Crippen LogP contribution in [0.3, 0.4) is 0 Å². The van der Waals surface area contributed by atoms with E-state index in [1.165, 1.54) is 0 Å². The predicted molar refractivity (Wildman–Crippen MR) is 64.9 cm³/mol. The molecule has 84 valence electrons. The fourth-order valence-electron chi connectivity index (χ4n) is 1.85. The molecule has 0 spiro atoms. The Labute approximate surface area is 95.3 Å². The molecule has 0 saturated heterocycles. The summed E-state index contributed by atoms with van der Waals surface area (Å²) in [5, 5.41) is 1.02. The maximum absolute atomic E-state index is 11.6. The first-order valence-corrected chi connectivity index (χ1v) is 5.69. The van der Waals surface area contributed by atoms with Gasteiger partial charge in [-0.15, -0.1) is 0 Å². The van der Waals surface area contributed by atoms with Gasteiger partial charge >= 0.3 is 0 Å². The van der Waals surface area contributed by atoms with Gasteiger partial charge in [-0.25, -0.2) is 0 Å². The minimum absolute atomic E-state index is 0.0610. The Hall–Kier alpha value is -1.57. The van der Waals surface area contributed by atoms with Gasteiger partial charge in [0.15, 0.2) is 11.5 Å². The second-order valence-corrected chi connectivity index (χ2v) is 4.31. The first-order chi connectivity index (χ1) is 7.63. The van der Waals surface area contributed by atoms with Crippen molar-refractivity contribution < 1.29 is 9.21 Å². The fraction of sp³-hybridized carbons (Fsp3) is 0.357. The first-order valence-electron chi connectivity index (χ1n) is 5.69. The highest BCUT2D eigenvalue weighted by atomic mass is 16.3. The van der Waals surface area contributed by atoms with E-state index in [0.717, 1.165) is 16.5 Å². The molecule has 0 radical (unpaired) electrons. The molecule has 2 rings (SSSR count). The van der Waals surface area contributed by atoms with Gasteiger partial charge in [-0.05, 0) is 17.5 Å². The van der Waals surface area contributed by atoms with Gasteiger partial charge in [-0.3, -0.25) is 4.79 Å². The molecule has 0 aliphatic rings. The molecule has 0 N–H and O–H groups in total. The average molecular weight is 216 g/mol. The van der Waals surface area contributed by atoms with Gasteiger partial charge in [-0.1, -0.05) is 39.0 Å². The van der Waals surface area contributed by atoms with Gasteiger partial charge in [-0.2, -0.15) is 0 Å². The Morgan fingerprint density at radius 1 is 1.38 bits per heavy atom. The van der Waals surface area contributed by atoms with Crippen LogP contribution in [0, 0.1) is 0 Å². The zero-order chi connectivity index (χ0) is 11.7. The van der Waals surface area contributed by atoms with Crippen LogP contribution in [0.1, 0.15) is 49.2 Å². The highest BCUT2D eigenvalue weighted by molar-refractivity contribution is 5.97. The number of fused-ring (bicyclic) bond motifs is 1. The first kappa shape index (κ1) is 10.9. The summed E-state index contributed by atoms with van der Waals surface area (Å²) in [4.78, 5) is 11.6. The molecule has 0 aliphatic carbocycles. The number of furan rings is 1. The smallest absolute Gasteiger partial charge is 0.197 e. The summed E-state index contributed by atoms with van der Waals surface area (Å²) in [7, 11) is 0. The Bertz CT molecular complexity index is 521. The van der Waals surface area contributed by atoms with Crippen molar-refractivity contribution in [1.82, 2.24) is 0 Å². The third-order valence-electron chi connectivity index (χ3n) is 2.79. The molecule has 1 aromatic heterocycles. The zero-order valence-electron chi connectivity index (χ0n) is 9.91. The summed E-state index contributed by atoms with van der Waals surface area (Å²) in [6, 6.07) is 7.88. The lowest BCUT2D eigenvalue weighted by Gasteiger charge is -2.04. The summed E-state index contributed by atoms with van der Waals surface area (Å²) in [6.07, 6.45) is 0.483. The molecule has 2 aromatic rings. The van der Waals surface area contributed by atoms with Gasteiger partial charge in [0.1, 0.15) is 5.58 Å². The Kier molecular flexibility index (Phi) is 2.82. The van der Waals surface area contributed by atoms with Crippen molar-refractivity contribution in [2.24, 2.45) is 0 Å². The molecule has 0 unspecified atom stereocenters. The van der Waals surface area contributed by atoms with Crippen molar-refractivity contribution in [3.05, 3.63) is 35.6 Å². The number of ketones is 1. The number of hydrogen-bond donors (Lipinski definition) is 0. The molecule has 0 saturated carbocycles. The van der Waals surface area contributed by atoms with Crippen LogP contribution in [-0.4, -0.2) is 5.78 Å². The van der Waals surface area contributed by atoms with E-state index in [4.69, 9.17) is 4.42 Å². The van der Waals surface area contributed by atoms with Crippen molar-refractivity contribution in [1.29, 1.82) is 0 Å². The Balaban J connectivity index is 2.61. The van der Waals surface area contributed by atoms with Crippen LogP contribution in [0.15, 0.2) is 28.7 Å². The molecule has 2 heteroatoms. The van der Waals surface area contributed by atoms with Gasteiger partial charge in [0, 0.05) is 11.8 Å². The van der Waals surface area contributed by atoms with Crippen molar-refractivity contribution in [3.8, 4) is 0 Å². The molecule has 0 fully saturated rings. The SMILES string of the molecule is CCC(=O)c1cc2cccc(C(C)C)c2o1. The van der Waals surface area contributed by atoms with E-state index in [1.54, 1.807) is 0 Å². The molecular weight excluding hydrogens is 200 g/mol. The number of carbonyl (C=O) groups excluding carboxylic acids is 1. The maximum Gasteiger partial charge on any atom is 0.197 e. The lowest BCUT2D eigenvalue weighted by molar-refractivity contribution is 0.0963. The van der Waals surface area contributed by atoms with Crippen LogP contribution in [0.4, 0.5) is 0 Å². The van der Waals surface area contributed by atoms with Crippen LogP contribution in [-0.2, 0) is 0 Å². The minimum atomic E-state index is 0.0610. The largest absolute Gasteiger partial charge is 0.453 e. The van der Waals surface area contributed by atoms with Gasteiger partial charge in [0.05, 0.1) is 0 Å². The van der Waals surface area contributed by atoms with Crippen LogP contribution >= 0.6 is 0 Å². The number of hydrogen-bond acceptors (Lipinski definition) is 2. The standard InChI is InChI=1S/C14H16O2/c1-4-12(15)13-8-10-6-5-7-11(9(2)3)14(10)16-13/h5-9H,4H2,1-3H3. The normalized spacial score (nSPS) is 11.2. The fourth-order valence-corrected chi connectivity index (χ4v) is 1.85. The number of benzene rings is 1. The van der Waals surface area contributed by atoms with Crippen molar-refractivity contribution in [2.75, 3.05) is 0 Å². The van der Waals surface area contributed by atoms with E-state index < -0.39 is 0 Å². The van der Waals surface area contributed by atoms with Gasteiger partial charge in [0.25, 0.3) is 0 Å². The van der Waals surface area contributed by atoms with E-state index >= 15 is 0 Å². The quantitative estimate of drug-likeness (QED) is 0.721. The third-order valence-corrected chi connectivity index (χ3v) is 2.79. The van der Waals surface area contributed by atoms with Gasteiger partial charge in [0.2, 0.25) is 0 Å². The molecule has 0 bridgehead atoms. The van der Waals surface area contributed by atoms with E-state index in [2.05, 4.69) is 19.9 Å². The average Bonchev–Trinajstić information content (AvgIpc) is 2.70. The summed E-state index contributed by atoms with van der Waals surface area (Å²) < 4.78 is 5.66. The third kappa shape index (κ3) is 1.75. The molecule has 0 amide bonds. The maximum atomic E-state index is 11.6. The highest BCUT2D eigenvalue weighted by Gasteiger charge is 2.13. The Morgan fingerprint density at radius 3 is 2.75 bits per heavy atom. The van der Waals surface area contributed by atoms with Crippen molar-refractivity contribution >= 4 is 16.8 Å². The molecule has 0 aliphatic heterocycles. The van der Waals surface area contributed by atoms with Gasteiger partial charge < -0.3 is 4.42 Å². The minimum Gasteiger partial charge on any atom is -0.453 e. The molecule has 1 aromatic carbocycles. The van der Waals surface area contributed by atoms with Crippen LogP contribution in [0.25, 0.3) is 11.0 Å². The molecule has 16 heavy (non-hydrogen) atoms. The van der Waals surface area contributed by atoms with E-state index in [0.29, 0.717) is 18.1 Å². The number of rotatable bonds is 3. The number of Topliss-reactive ketones (excluding diaryl/α,β-unsaturated/α-hetero) is 1. The highest BCUT2D eigenvalue weighted by Crippen LogP contribution is 2.28. The summed E-state index contributed by atoms with van der Waals surface area (Å²) in [5.74, 6) is 0.941. The van der Waals surface area contributed by atoms with E-state index in [9.17, 15) is 4.79 Å². The van der Waals surface area contributed by atoms with Crippen molar-refractivity contribution in [2.45, 2.75) is 33.1 Å². The monoisotopic (exact) mass is 216 g/mol. The topological polar surface area (TPSA) is 30.2 Å². The van der Waals surface area contributed by atoms with E-state index in [-0.39, 0.29) is 5.78 Å². The summed E-state index contributed by atoms with van der Waals surface area (Å²) >= 11 is 0. The molecule has 1 heterocycles. The number of para-hydroxylation sites is 1. The second-order valence-electron chi connectivity index (χ2n) is 4.31. The lowest BCUT2D eigenvalue weighted by atomic mass is 10.0. The predicted octanol–water partition coefficient (Wildman–Crippen LogP) is 4.15. The van der Waals surface area contributed by atoms with Crippen molar-refractivity contribution in [3.63, 3.8) is 0 Å². The Morgan fingerprint density at radius 2 is 2.12 bits per heavy atom. The summed E-state index contributed by atoms with van der Waals surface area (Å²) in [5.41, 5.74) is 2.02. The summed E-state index contributed by atoms with van der Waals surface area (Å²) in [6.45, 7) is 6.09. The molecule has 0 atom stereocenters. The second kappa shape index (κ2) is 4.12. The number of carbonyl (C=O) groups is 1. The molecule has 2 nitrogen and oxygen atoms in total. The van der Waals surface area contributed by atoms with Crippen LogP contribution in [0.5, 0.6) is 0 Å².